The molecule has 7 heteroatoms. The van der Waals surface area contributed by atoms with Gasteiger partial charge < -0.3 is 14.1 Å². The van der Waals surface area contributed by atoms with Gasteiger partial charge in [-0.1, -0.05) is 23.2 Å². The molecule has 23 heavy (non-hydrogen) atoms. The monoisotopic (exact) mass is 355 g/mol. The molecule has 1 fully saturated rings. The van der Waals surface area contributed by atoms with Gasteiger partial charge in [-0.25, -0.2) is 4.79 Å². The fraction of sp³-hybridized carbons (Fsp3) is 0.375. The van der Waals surface area contributed by atoms with Gasteiger partial charge in [0.1, 0.15) is 5.56 Å². The van der Waals surface area contributed by atoms with Crippen LogP contribution in [0.3, 0.4) is 0 Å². The second-order valence-electron chi connectivity index (χ2n) is 5.72. The van der Waals surface area contributed by atoms with E-state index < -0.39 is 5.63 Å². The van der Waals surface area contributed by atoms with E-state index in [4.69, 9.17) is 32.4 Å². The Balaban J connectivity index is 2.04. The summed E-state index contributed by atoms with van der Waals surface area (Å²) in [6.45, 7) is 4.63. The maximum absolute atomic E-state index is 12.7. The van der Waals surface area contributed by atoms with Crippen molar-refractivity contribution in [1.82, 2.24) is 4.90 Å². The molecule has 1 saturated heterocycles. The number of benzene rings is 1. The molecule has 2 aromatic rings. The van der Waals surface area contributed by atoms with Gasteiger partial charge >= 0.3 is 5.63 Å². The number of hydrogen-bond donors (Lipinski definition) is 0. The number of nitrogens with zero attached hydrogens (tertiary/aromatic N) is 1. The summed E-state index contributed by atoms with van der Waals surface area (Å²) in [5.74, 6) is -0.376. The minimum atomic E-state index is -0.710. The second-order valence-corrected chi connectivity index (χ2v) is 6.56. The zero-order valence-electron chi connectivity index (χ0n) is 12.6. The summed E-state index contributed by atoms with van der Waals surface area (Å²) in [5, 5.41) is 1.15. The van der Waals surface area contributed by atoms with E-state index in [1.54, 1.807) is 11.0 Å². The minimum Gasteiger partial charge on any atom is -0.421 e. The SMILES string of the molecule is C[C@H]1CN(C(=O)c2cc3cc(Cl)cc(Cl)c3oc2=O)C[C@H](C)O1. The predicted molar refractivity (Wildman–Crippen MR) is 88.4 cm³/mol. The molecule has 0 unspecified atom stereocenters. The van der Waals surface area contributed by atoms with E-state index in [1.165, 1.54) is 12.1 Å². The van der Waals surface area contributed by atoms with Crippen LogP contribution in [0, 0.1) is 0 Å². The Hall–Kier alpha value is -1.56. The highest BCUT2D eigenvalue weighted by atomic mass is 35.5. The zero-order valence-corrected chi connectivity index (χ0v) is 14.1. The molecular weight excluding hydrogens is 341 g/mol. The minimum absolute atomic E-state index is 0.0304. The fourth-order valence-corrected chi connectivity index (χ4v) is 3.37. The molecule has 0 spiro atoms. The topological polar surface area (TPSA) is 59.8 Å². The lowest BCUT2D eigenvalue weighted by atomic mass is 10.1. The second kappa shape index (κ2) is 6.15. The van der Waals surface area contributed by atoms with Crippen LogP contribution in [0.25, 0.3) is 11.0 Å². The Kier molecular flexibility index (Phi) is 4.36. The highest BCUT2D eigenvalue weighted by Crippen LogP contribution is 2.27. The molecule has 2 heterocycles. The van der Waals surface area contributed by atoms with Gasteiger partial charge in [0.25, 0.3) is 5.91 Å². The van der Waals surface area contributed by atoms with Crippen molar-refractivity contribution in [2.75, 3.05) is 13.1 Å². The molecule has 1 aliphatic rings. The van der Waals surface area contributed by atoms with Crippen molar-refractivity contribution in [3.05, 3.63) is 44.2 Å². The van der Waals surface area contributed by atoms with Gasteiger partial charge in [0.2, 0.25) is 0 Å². The molecule has 122 valence electrons. The number of ether oxygens (including phenoxy) is 1. The van der Waals surface area contributed by atoms with Crippen molar-refractivity contribution in [3.8, 4) is 0 Å². The number of amides is 1. The van der Waals surface area contributed by atoms with E-state index in [2.05, 4.69) is 0 Å². The van der Waals surface area contributed by atoms with Gasteiger partial charge in [0, 0.05) is 23.5 Å². The van der Waals surface area contributed by atoms with E-state index in [9.17, 15) is 9.59 Å². The lowest BCUT2D eigenvalue weighted by Gasteiger charge is -2.35. The van der Waals surface area contributed by atoms with Crippen LogP contribution in [0.15, 0.2) is 27.4 Å². The standard InChI is InChI=1S/C16H15Cl2NO4/c1-8-6-19(7-9(2)22-8)15(20)12-4-10-3-11(17)5-13(18)14(10)23-16(12)21/h3-5,8-9H,6-7H2,1-2H3/t8-,9-/m0/s1. The smallest absolute Gasteiger partial charge is 0.349 e. The first kappa shape index (κ1) is 16.3. The summed E-state index contributed by atoms with van der Waals surface area (Å²) in [7, 11) is 0. The number of rotatable bonds is 1. The van der Waals surface area contributed by atoms with Crippen molar-refractivity contribution >= 4 is 40.1 Å². The fourth-order valence-electron chi connectivity index (χ4n) is 2.82. The van der Waals surface area contributed by atoms with Crippen molar-refractivity contribution in [1.29, 1.82) is 0 Å². The average Bonchev–Trinajstić information content (AvgIpc) is 2.46. The summed E-state index contributed by atoms with van der Waals surface area (Å²) < 4.78 is 10.8. The van der Waals surface area contributed by atoms with Crippen LogP contribution in [0.1, 0.15) is 24.2 Å². The lowest BCUT2D eigenvalue weighted by molar-refractivity contribution is -0.0587. The molecule has 0 radical (unpaired) electrons. The maximum atomic E-state index is 12.7. The quantitative estimate of drug-likeness (QED) is 0.736. The summed E-state index contributed by atoms with van der Waals surface area (Å²) in [6, 6.07) is 4.57. The summed E-state index contributed by atoms with van der Waals surface area (Å²) in [5.41, 5.74) is -0.517. The van der Waals surface area contributed by atoms with E-state index in [0.29, 0.717) is 23.5 Å². The van der Waals surface area contributed by atoms with E-state index in [0.717, 1.165) is 0 Å². The Morgan fingerprint density at radius 2 is 1.83 bits per heavy atom. The molecule has 0 bridgehead atoms. The first-order valence-electron chi connectivity index (χ1n) is 7.23. The van der Waals surface area contributed by atoms with Crippen LogP contribution < -0.4 is 5.63 Å². The van der Waals surface area contributed by atoms with Crippen LogP contribution >= 0.6 is 23.2 Å². The van der Waals surface area contributed by atoms with Crippen molar-refractivity contribution in [2.24, 2.45) is 0 Å². The van der Waals surface area contributed by atoms with Crippen molar-refractivity contribution in [2.45, 2.75) is 26.1 Å². The first-order valence-corrected chi connectivity index (χ1v) is 7.98. The number of fused-ring (bicyclic) bond motifs is 1. The van der Waals surface area contributed by atoms with Gasteiger partial charge in [-0.05, 0) is 32.0 Å². The molecule has 0 aliphatic carbocycles. The Morgan fingerprint density at radius 3 is 2.48 bits per heavy atom. The number of hydrogen-bond acceptors (Lipinski definition) is 4. The van der Waals surface area contributed by atoms with E-state index in [1.807, 2.05) is 13.8 Å². The molecule has 3 rings (SSSR count). The Bertz CT molecular complexity index is 823. The number of carbonyl (C=O) groups is 1. The molecule has 5 nitrogen and oxygen atoms in total. The van der Waals surface area contributed by atoms with Crippen molar-refractivity contribution < 1.29 is 13.9 Å². The molecule has 1 aromatic carbocycles. The summed E-state index contributed by atoms with van der Waals surface area (Å²) in [4.78, 5) is 26.5. The molecule has 1 amide bonds. The Labute approximate surface area is 142 Å². The number of halogens is 2. The third kappa shape index (κ3) is 3.22. The summed E-state index contributed by atoms with van der Waals surface area (Å²) >= 11 is 12.0. The first-order chi connectivity index (χ1) is 10.8. The molecule has 0 N–H and O–H groups in total. The van der Waals surface area contributed by atoms with Crippen LogP contribution in [-0.4, -0.2) is 36.1 Å². The summed E-state index contributed by atoms with van der Waals surface area (Å²) in [6.07, 6.45) is -0.168. The number of carbonyl (C=O) groups excluding carboxylic acids is 1. The third-order valence-electron chi connectivity index (χ3n) is 3.69. The van der Waals surface area contributed by atoms with Gasteiger partial charge in [-0.15, -0.1) is 0 Å². The molecule has 2 atom stereocenters. The van der Waals surface area contributed by atoms with Crippen molar-refractivity contribution in [3.63, 3.8) is 0 Å². The normalized spacial score (nSPS) is 21.7. The molecular formula is C16H15Cl2NO4. The molecule has 0 saturated carbocycles. The number of morpholine rings is 1. The Morgan fingerprint density at radius 1 is 1.17 bits per heavy atom. The van der Waals surface area contributed by atoms with E-state index in [-0.39, 0.29) is 34.3 Å². The van der Waals surface area contributed by atoms with E-state index >= 15 is 0 Å². The third-order valence-corrected chi connectivity index (χ3v) is 4.19. The van der Waals surface area contributed by atoms with Gasteiger partial charge in [0.05, 0.1) is 17.2 Å². The lowest BCUT2D eigenvalue weighted by Crippen LogP contribution is -2.49. The van der Waals surface area contributed by atoms with Crippen LogP contribution in [0.5, 0.6) is 0 Å². The van der Waals surface area contributed by atoms with Gasteiger partial charge in [0.15, 0.2) is 5.58 Å². The predicted octanol–water partition coefficient (Wildman–Crippen LogP) is 3.35. The molecule has 1 aliphatic heterocycles. The average molecular weight is 356 g/mol. The highest BCUT2D eigenvalue weighted by molar-refractivity contribution is 6.38. The van der Waals surface area contributed by atoms with Crippen LogP contribution in [0.4, 0.5) is 0 Å². The molecule has 1 aromatic heterocycles. The van der Waals surface area contributed by atoms with Gasteiger partial charge in [-0.3, -0.25) is 4.79 Å². The largest absolute Gasteiger partial charge is 0.421 e. The highest BCUT2D eigenvalue weighted by Gasteiger charge is 2.28. The maximum Gasteiger partial charge on any atom is 0.349 e. The van der Waals surface area contributed by atoms with Crippen LogP contribution in [0.2, 0.25) is 10.0 Å². The zero-order chi connectivity index (χ0) is 16.7. The van der Waals surface area contributed by atoms with Crippen LogP contribution in [-0.2, 0) is 4.74 Å². The van der Waals surface area contributed by atoms with Gasteiger partial charge in [-0.2, -0.15) is 0 Å².